The van der Waals surface area contributed by atoms with Crippen LogP contribution in [0.15, 0.2) is 35.7 Å². The van der Waals surface area contributed by atoms with Crippen LogP contribution in [0.4, 0.5) is 4.79 Å². The zero-order chi connectivity index (χ0) is 16.2. The van der Waals surface area contributed by atoms with Gasteiger partial charge in [0, 0.05) is 11.9 Å². The van der Waals surface area contributed by atoms with Gasteiger partial charge in [-0.15, -0.1) is 11.3 Å². The van der Waals surface area contributed by atoms with E-state index >= 15 is 0 Å². The van der Waals surface area contributed by atoms with Gasteiger partial charge < -0.3 is 19.7 Å². The number of carbonyl (C=O) groups excluding carboxylic acids is 1. The normalized spacial score (nSPS) is 16.0. The summed E-state index contributed by atoms with van der Waals surface area (Å²) in [7, 11) is 1.76. The molecule has 1 aromatic heterocycles. The van der Waals surface area contributed by atoms with Crippen molar-refractivity contribution in [1.82, 2.24) is 10.2 Å². The molecule has 0 fully saturated rings. The molecule has 0 spiro atoms. The monoisotopic (exact) mass is 332 g/mol. The topological polar surface area (TPSA) is 50.8 Å². The van der Waals surface area contributed by atoms with Gasteiger partial charge in [0.05, 0.1) is 13.1 Å². The minimum atomic E-state index is -0.163. The lowest BCUT2D eigenvalue weighted by molar-refractivity contribution is 0.0715. The van der Waals surface area contributed by atoms with Crippen LogP contribution in [-0.4, -0.2) is 37.2 Å². The van der Waals surface area contributed by atoms with E-state index in [1.54, 1.807) is 23.3 Å². The molecular formula is C17H20N2O3S. The highest BCUT2D eigenvalue weighted by Gasteiger charge is 2.23. The van der Waals surface area contributed by atoms with E-state index in [1.165, 1.54) is 10.4 Å². The number of thiophene rings is 1. The van der Waals surface area contributed by atoms with Crippen molar-refractivity contribution in [3.8, 4) is 11.5 Å². The fourth-order valence-electron chi connectivity index (χ4n) is 2.42. The van der Waals surface area contributed by atoms with Crippen LogP contribution < -0.4 is 14.8 Å². The Balaban J connectivity index is 1.50. The largest absolute Gasteiger partial charge is 0.486 e. The number of hydrogen-bond acceptors (Lipinski definition) is 4. The number of rotatable bonds is 4. The van der Waals surface area contributed by atoms with Crippen LogP contribution in [0.2, 0.25) is 0 Å². The number of para-hydroxylation sites is 2. The number of amides is 2. The highest BCUT2D eigenvalue weighted by molar-refractivity contribution is 7.10. The second kappa shape index (κ2) is 6.91. The predicted octanol–water partition coefficient (Wildman–Crippen LogP) is 3.04. The van der Waals surface area contributed by atoms with E-state index in [2.05, 4.69) is 11.4 Å². The van der Waals surface area contributed by atoms with Gasteiger partial charge in [0.15, 0.2) is 17.6 Å². The Bertz CT molecular complexity index is 686. The minimum absolute atomic E-state index is 0.111. The summed E-state index contributed by atoms with van der Waals surface area (Å²) in [5.74, 6) is 1.48. The van der Waals surface area contributed by atoms with E-state index in [4.69, 9.17) is 9.47 Å². The molecule has 5 nitrogen and oxygen atoms in total. The zero-order valence-electron chi connectivity index (χ0n) is 13.2. The van der Waals surface area contributed by atoms with Crippen LogP contribution in [0.3, 0.4) is 0 Å². The molecule has 0 saturated heterocycles. The molecule has 2 amide bonds. The van der Waals surface area contributed by atoms with Gasteiger partial charge in [0.25, 0.3) is 0 Å². The van der Waals surface area contributed by atoms with Gasteiger partial charge >= 0.3 is 6.03 Å². The third-order valence-electron chi connectivity index (χ3n) is 3.76. The Morgan fingerprint density at radius 1 is 1.35 bits per heavy atom. The molecule has 6 heteroatoms. The number of aryl methyl sites for hydroxylation is 1. The number of nitrogens with zero attached hydrogens (tertiary/aromatic N) is 1. The summed E-state index contributed by atoms with van der Waals surface area (Å²) in [6.07, 6.45) is -0.163. The van der Waals surface area contributed by atoms with Crippen LogP contribution in [-0.2, 0) is 6.54 Å². The maximum Gasteiger partial charge on any atom is 0.317 e. The van der Waals surface area contributed by atoms with Gasteiger partial charge in [-0.1, -0.05) is 12.1 Å². The molecule has 0 bridgehead atoms. The molecule has 1 aliphatic heterocycles. The Morgan fingerprint density at radius 3 is 2.87 bits per heavy atom. The lowest BCUT2D eigenvalue weighted by Crippen LogP contribution is -2.45. The van der Waals surface area contributed by atoms with E-state index < -0.39 is 0 Å². The molecule has 2 aromatic rings. The molecule has 0 radical (unpaired) electrons. The first-order valence-electron chi connectivity index (χ1n) is 7.54. The first-order chi connectivity index (χ1) is 11.1. The number of urea groups is 1. The van der Waals surface area contributed by atoms with Crippen molar-refractivity contribution in [2.45, 2.75) is 19.6 Å². The van der Waals surface area contributed by atoms with Crippen LogP contribution in [0.25, 0.3) is 0 Å². The number of hydrogen-bond donors (Lipinski definition) is 1. The number of carbonyl (C=O) groups is 1. The third-order valence-corrected chi connectivity index (χ3v) is 4.78. The van der Waals surface area contributed by atoms with Crippen LogP contribution in [0.1, 0.15) is 10.4 Å². The Kier molecular flexibility index (Phi) is 4.71. The number of ether oxygens (including phenoxy) is 2. The average molecular weight is 332 g/mol. The second-order valence-electron chi connectivity index (χ2n) is 5.56. The zero-order valence-corrected chi connectivity index (χ0v) is 14.1. The first-order valence-corrected chi connectivity index (χ1v) is 8.42. The van der Waals surface area contributed by atoms with Gasteiger partial charge in [-0.05, 0) is 36.1 Å². The third kappa shape index (κ3) is 3.76. The number of benzene rings is 1. The van der Waals surface area contributed by atoms with Gasteiger partial charge in [-0.2, -0.15) is 0 Å². The van der Waals surface area contributed by atoms with Crippen molar-refractivity contribution in [2.75, 3.05) is 20.2 Å². The predicted molar refractivity (Wildman–Crippen MR) is 90.3 cm³/mol. The number of nitrogens with one attached hydrogen (secondary N) is 1. The number of fused-ring (bicyclic) bond motifs is 1. The summed E-state index contributed by atoms with van der Waals surface area (Å²) in [5.41, 5.74) is 1.21. The molecule has 2 heterocycles. The van der Waals surface area contributed by atoms with E-state index in [0.717, 1.165) is 11.5 Å². The van der Waals surface area contributed by atoms with Crippen LogP contribution >= 0.6 is 11.3 Å². The molecule has 0 unspecified atom stereocenters. The fraction of sp³-hybridized carbons (Fsp3) is 0.353. The summed E-state index contributed by atoms with van der Waals surface area (Å²) < 4.78 is 11.5. The molecular weight excluding hydrogens is 312 g/mol. The maximum absolute atomic E-state index is 12.2. The van der Waals surface area contributed by atoms with E-state index in [9.17, 15) is 4.79 Å². The fourth-order valence-corrected chi connectivity index (χ4v) is 3.26. The quantitative estimate of drug-likeness (QED) is 0.936. The van der Waals surface area contributed by atoms with E-state index in [1.807, 2.05) is 36.6 Å². The average Bonchev–Trinajstić information content (AvgIpc) is 2.97. The van der Waals surface area contributed by atoms with Gasteiger partial charge in [0.1, 0.15) is 6.61 Å². The van der Waals surface area contributed by atoms with Crippen LogP contribution in [0.5, 0.6) is 11.5 Å². The van der Waals surface area contributed by atoms with Crippen LogP contribution in [0, 0.1) is 6.92 Å². The summed E-state index contributed by atoms with van der Waals surface area (Å²) in [6, 6.07) is 9.52. The van der Waals surface area contributed by atoms with Gasteiger partial charge in [-0.25, -0.2) is 4.79 Å². The van der Waals surface area contributed by atoms with Gasteiger partial charge in [0.2, 0.25) is 0 Å². The summed E-state index contributed by atoms with van der Waals surface area (Å²) in [4.78, 5) is 15.0. The van der Waals surface area contributed by atoms with Crippen molar-refractivity contribution in [1.29, 1.82) is 0 Å². The standard InChI is InChI=1S/C17H20N2O3S/c1-12-7-8-23-16(12)9-18-17(20)19(2)10-13-11-21-14-5-3-4-6-15(14)22-13/h3-8,13H,9-11H2,1-2H3,(H,18,20)/t13-/m1/s1. The lowest BCUT2D eigenvalue weighted by Gasteiger charge is -2.29. The Hall–Kier alpha value is -2.21. The highest BCUT2D eigenvalue weighted by Crippen LogP contribution is 2.30. The van der Waals surface area contributed by atoms with Crippen molar-refractivity contribution >= 4 is 17.4 Å². The molecule has 23 heavy (non-hydrogen) atoms. The summed E-state index contributed by atoms with van der Waals surface area (Å²) in [5, 5.41) is 4.97. The van der Waals surface area contributed by atoms with Gasteiger partial charge in [-0.3, -0.25) is 0 Å². The molecule has 1 aromatic carbocycles. The molecule has 122 valence electrons. The number of likely N-dealkylation sites (N-methyl/N-ethyl adjacent to an activating group) is 1. The molecule has 3 rings (SSSR count). The lowest BCUT2D eigenvalue weighted by atomic mass is 10.2. The van der Waals surface area contributed by atoms with E-state index in [-0.39, 0.29) is 12.1 Å². The molecule has 1 N–H and O–H groups in total. The first kappa shape index (κ1) is 15.7. The smallest absolute Gasteiger partial charge is 0.317 e. The second-order valence-corrected chi connectivity index (χ2v) is 6.56. The molecule has 0 aliphatic carbocycles. The van der Waals surface area contributed by atoms with Crippen molar-refractivity contribution in [3.05, 3.63) is 46.2 Å². The van der Waals surface area contributed by atoms with Crippen molar-refractivity contribution < 1.29 is 14.3 Å². The van der Waals surface area contributed by atoms with E-state index in [0.29, 0.717) is 19.7 Å². The summed E-state index contributed by atoms with van der Waals surface area (Å²) in [6.45, 7) is 3.52. The molecule has 1 aliphatic rings. The Labute approximate surface area is 139 Å². The molecule has 1 atom stereocenters. The highest BCUT2D eigenvalue weighted by atomic mass is 32.1. The minimum Gasteiger partial charge on any atom is -0.486 e. The summed E-state index contributed by atoms with van der Waals surface area (Å²) >= 11 is 1.65. The Morgan fingerprint density at radius 2 is 2.13 bits per heavy atom. The molecule has 0 saturated carbocycles. The SMILES string of the molecule is Cc1ccsc1CNC(=O)N(C)C[C@@H]1COc2ccccc2O1. The van der Waals surface area contributed by atoms with Crippen molar-refractivity contribution in [2.24, 2.45) is 0 Å². The maximum atomic E-state index is 12.2. The van der Waals surface area contributed by atoms with Crippen molar-refractivity contribution in [3.63, 3.8) is 0 Å².